The van der Waals surface area contributed by atoms with Gasteiger partial charge in [0.15, 0.2) is 12.3 Å². The maximum absolute atomic E-state index is 12.8. The number of H-pyrrole nitrogens is 1. The van der Waals surface area contributed by atoms with E-state index in [4.69, 9.17) is 15.2 Å². The first-order valence-corrected chi connectivity index (χ1v) is 9.52. The summed E-state index contributed by atoms with van der Waals surface area (Å²) < 4.78 is 11.1. The molecule has 166 valence electrons. The Balaban J connectivity index is 2.41. The van der Waals surface area contributed by atoms with Gasteiger partial charge in [-0.2, -0.15) is 0 Å². The van der Waals surface area contributed by atoms with Gasteiger partial charge in [0.05, 0.1) is 13.2 Å². The Bertz CT molecular complexity index is 1070. The molecular formula is C21H26N4O6. The highest BCUT2D eigenvalue weighted by atomic mass is 16.5. The Labute approximate surface area is 178 Å². The number of amides is 1. The van der Waals surface area contributed by atoms with Crippen molar-refractivity contribution in [2.45, 2.75) is 20.4 Å². The van der Waals surface area contributed by atoms with E-state index < -0.39 is 29.7 Å². The number of nitrogens with zero attached hydrogens (tertiary/aromatic N) is 2. The number of methoxy groups -OCH3 is 1. The Hall–Kier alpha value is -3.66. The van der Waals surface area contributed by atoms with E-state index in [1.807, 2.05) is 6.07 Å². The number of carbonyl (C=O) groups excluding carboxylic acids is 2. The minimum atomic E-state index is -0.827. The monoisotopic (exact) mass is 430 g/mol. The van der Waals surface area contributed by atoms with Gasteiger partial charge in [0.25, 0.3) is 11.5 Å². The molecule has 31 heavy (non-hydrogen) atoms. The van der Waals surface area contributed by atoms with Crippen molar-refractivity contribution in [3.05, 3.63) is 68.4 Å². The molecule has 0 spiro atoms. The van der Waals surface area contributed by atoms with Crippen molar-refractivity contribution in [3.8, 4) is 0 Å². The average molecular weight is 430 g/mol. The molecule has 1 heterocycles. The van der Waals surface area contributed by atoms with Crippen LogP contribution in [0.2, 0.25) is 0 Å². The summed E-state index contributed by atoms with van der Waals surface area (Å²) in [5, 5.41) is 0. The van der Waals surface area contributed by atoms with Crippen molar-refractivity contribution >= 4 is 23.4 Å². The lowest BCUT2D eigenvalue weighted by molar-refractivity contribution is -0.143. The molecule has 1 aromatic carbocycles. The summed E-state index contributed by atoms with van der Waals surface area (Å²) >= 11 is 0. The van der Waals surface area contributed by atoms with Crippen LogP contribution in [0.5, 0.6) is 0 Å². The number of nitrogen functional groups attached to an aromatic ring is 1. The van der Waals surface area contributed by atoms with Gasteiger partial charge >= 0.3 is 11.7 Å². The van der Waals surface area contributed by atoms with Crippen LogP contribution in [-0.4, -0.2) is 48.3 Å². The van der Waals surface area contributed by atoms with Crippen LogP contribution in [0.1, 0.15) is 19.4 Å². The standard InChI is InChI=1S/C21H26N4O6/c1-14(2)11-17(27)31-13-16(26)24(9-10-30-3)18-19(22)25(21(29)23-20(18)28)12-15-7-5-4-6-8-15/h4-8,11H,9-10,12-13,22H2,1-3H3,(H,23,28,29). The van der Waals surface area contributed by atoms with Gasteiger partial charge in [0, 0.05) is 19.7 Å². The second kappa shape index (κ2) is 10.9. The molecule has 0 aliphatic rings. The third-order valence-corrected chi connectivity index (χ3v) is 4.23. The molecule has 10 heteroatoms. The van der Waals surface area contributed by atoms with Gasteiger partial charge in [0.1, 0.15) is 5.82 Å². The summed E-state index contributed by atoms with van der Waals surface area (Å²) in [6.45, 7) is 2.96. The number of ether oxygens (including phenoxy) is 2. The number of carbonyl (C=O) groups is 2. The summed E-state index contributed by atoms with van der Waals surface area (Å²) in [6, 6.07) is 9.03. The molecule has 1 amide bonds. The zero-order valence-electron chi connectivity index (χ0n) is 17.7. The first kappa shape index (κ1) is 23.6. The molecular weight excluding hydrogens is 404 g/mol. The van der Waals surface area contributed by atoms with Gasteiger partial charge in [0.2, 0.25) is 0 Å². The molecule has 0 saturated heterocycles. The van der Waals surface area contributed by atoms with E-state index >= 15 is 0 Å². The number of anilines is 2. The quantitative estimate of drug-likeness (QED) is 0.440. The minimum Gasteiger partial charge on any atom is -0.452 e. The molecule has 0 saturated carbocycles. The highest BCUT2D eigenvalue weighted by Gasteiger charge is 2.25. The molecule has 0 bridgehead atoms. The second-order valence-corrected chi connectivity index (χ2v) is 6.93. The van der Waals surface area contributed by atoms with Gasteiger partial charge in [-0.3, -0.25) is 24.0 Å². The van der Waals surface area contributed by atoms with Crippen LogP contribution in [-0.2, 0) is 25.6 Å². The normalized spacial score (nSPS) is 10.4. The predicted molar refractivity (Wildman–Crippen MR) is 116 cm³/mol. The molecule has 0 unspecified atom stereocenters. The summed E-state index contributed by atoms with van der Waals surface area (Å²) in [5.41, 5.74) is 5.90. The fraction of sp³-hybridized carbons (Fsp3) is 0.333. The average Bonchev–Trinajstić information content (AvgIpc) is 2.72. The van der Waals surface area contributed by atoms with Crippen LogP contribution < -0.4 is 21.9 Å². The molecule has 0 fully saturated rings. The van der Waals surface area contributed by atoms with Gasteiger partial charge < -0.3 is 15.2 Å². The first-order valence-electron chi connectivity index (χ1n) is 9.52. The van der Waals surface area contributed by atoms with Crippen LogP contribution in [0, 0.1) is 0 Å². The van der Waals surface area contributed by atoms with Gasteiger partial charge in [-0.25, -0.2) is 9.59 Å². The molecule has 0 aliphatic heterocycles. The van der Waals surface area contributed by atoms with Crippen molar-refractivity contribution in [1.82, 2.24) is 9.55 Å². The fourth-order valence-electron chi connectivity index (χ4n) is 2.79. The Kier molecular flexibility index (Phi) is 8.33. The highest BCUT2D eigenvalue weighted by Crippen LogP contribution is 2.18. The van der Waals surface area contributed by atoms with E-state index in [9.17, 15) is 19.2 Å². The fourth-order valence-corrected chi connectivity index (χ4v) is 2.79. The molecule has 0 radical (unpaired) electrons. The van der Waals surface area contributed by atoms with Gasteiger partial charge in [-0.15, -0.1) is 0 Å². The highest BCUT2D eigenvalue weighted by molar-refractivity contribution is 5.97. The van der Waals surface area contributed by atoms with Crippen LogP contribution >= 0.6 is 0 Å². The molecule has 0 aliphatic carbocycles. The topological polar surface area (TPSA) is 137 Å². The van der Waals surface area contributed by atoms with Crippen molar-refractivity contribution in [2.75, 3.05) is 37.5 Å². The van der Waals surface area contributed by atoms with Gasteiger partial charge in [-0.05, 0) is 19.4 Å². The second-order valence-electron chi connectivity index (χ2n) is 6.93. The number of nitrogens with one attached hydrogen (secondary N) is 1. The van der Waals surface area contributed by atoms with Crippen LogP contribution in [0.3, 0.4) is 0 Å². The van der Waals surface area contributed by atoms with Crippen molar-refractivity contribution < 1.29 is 19.1 Å². The largest absolute Gasteiger partial charge is 0.452 e. The van der Waals surface area contributed by atoms with E-state index in [0.29, 0.717) is 5.57 Å². The predicted octanol–water partition coefficient (Wildman–Crippen LogP) is 0.656. The minimum absolute atomic E-state index is 0.0354. The number of benzene rings is 1. The summed E-state index contributed by atoms with van der Waals surface area (Å²) in [4.78, 5) is 52.7. The Morgan fingerprint density at radius 2 is 1.87 bits per heavy atom. The molecule has 10 nitrogen and oxygen atoms in total. The lowest BCUT2D eigenvalue weighted by Gasteiger charge is -2.24. The molecule has 2 aromatic rings. The lowest BCUT2D eigenvalue weighted by Crippen LogP contribution is -2.44. The first-order chi connectivity index (χ1) is 14.7. The maximum atomic E-state index is 12.8. The number of aromatic nitrogens is 2. The Morgan fingerprint density at radius 1 is 1.19 bits per heavy atom. The SMILES string of the molecule is COCCN(C(=O)COC(=O)C=C(C)C)c1c(N)n(Cc2ccccc2)c(=O)[nH]c1=O. The zero-order valence-corrected chi connectivity index (χ0v) is 17.7. The molecule has 1 aromatic heterocycles. The number of aromatic amines is 1. The Morgan fingerprint density at radius 3 is 2.48 bits per heavy atom. The van der Waals surface area contributed by atoms with Crippen molar-refractivity contribution in [2.24, 2.45) is 0 Å². The van der Waals surface area contributed by atoms with E-state index in [0.717, 1.165) is 15.0 Å². The molecule has 2 rings (SSSR count). The summed E-state index contributed by atoms with van der Waals surface area (Å²) in [7, 11) is 1.43. The van der Waals surface area contributed by atoms with Crippen LogP contribution in [0.25, 0.3) is 0 Å². The number of hydrogen-bond donors (Lipinski definition) is 2. The maximum Gasteiger partial charge on any atom is 0.331 e. The van der Waals surface area contributed by atoms with E-state index in [2.05, 4.69) is 4.98 Å². The van der Waals surface area contributed by atoms with Crippen molar-refractivity contribution in [3.63, 3.8) is 0 Å². The molecule has 0 atom stereocenters. The van der Waals surface area contributed by atoms with E-state index in [-0.39, 0.29) is 31.2 Å². The third kappa shape index (κ3) is 6.41. The number of allylic oxidation sites excluding steroid dienone is 1. The number of esters is 1. The van der Waals surface area contributed by atoms with Gasteiger partial charge in [-0.1, -0.05) is 35.9 Å². The van der Waals surface area contributed by atoms with Crippen molar-refractivity contribution in [1.29, 1.82) is 0 Å². The van der Waals surface area contributed by atoms with Crippen LogP contribution in [0.15, 0.2) is 51.6 Å². The summed E-state index contributed by atoms with van der Waals surface area (Å²) in [6.07, 6.45) is 1.24. The smallest absolute Gasteiger partial charge is 0.331 e. The lowest BCUT2D eigenvalue weighted by atomic mass is 10.2. The number of rotatable bonds is 9. The zero-order chi connectivity index (χ0) is 23.0. The summed E-state index contributed by atoms with van der Waals surface area (Å²) in [5.74, 6) is -1.55. The number of hydrogen-bond acceptors (Lipinski definition) is 7. The molecule has 3 N–H and O–H groups in total. The van der Waals surface area contributed by atoms with E-state index in [1.165, 1.54) is 13.2 Å². The third-order valence-electron chi connectivity index (χ3n) is 4.23. The van der Waals surface area contributed by atoms with E-state index in [1.54, 1.807) is 38.1 Å². The van der Waals surface area contributed by atoms with Crippen LogP contribution in [0.4, 0.5) is 11.5 Å². The number of nitrogens with two attached hydrogens (primary N) is 1.